The lowest BCUT2D eigenvalue weighted by Crippen LogP contribution is -2.26. The van der Waals surface area contributed by atoms with Crippen LogP contribution in [0.2, 0.25) is 0 Å². The van der Waals surface area contributed by atoms with E-state index in [0.29, 0.717) is 5.82 Å². The smallest absolute Gasteiger partial charge is 0.142 e. The van der Waals surface area contributed by atoms with Crippen LogP contribution in [0.5, 0.6) is 5.75 Å². The Labute approximate surface area is 125 Å². The molecule has 112 valence electrons. The zero-order chi connectivity index (χ0) is 15.5. The summed E-state index contributed by atoms with van der Waals surface area (Å²) in [6.07, 6.45) is 0. The highest BCUT2D eigenvalue weighted by atomic mass is 16.5. The third-order valence-corrected chi connectivity index (χ3v) is 2.71. The number of nitrogens with one attached hydrogen (secondary N) is 2. The van der Waals surface area contributed by atoms with Crippen molar-refractivity contribution in [2.75, 3.05) is 17.7 Å². The molecular formula is C16H22N4O. The first-order chi connectivity index (χ1) is 9.87. The molecule has 0 atom stereocenters. The van der Waals surface area contributed by atoms with Gasteiger partial charge in [0.1, 0.15) is 23.2 Å². The monoisotopic (exact) mass is 286 g/mol. The minimum absolute atomic E-state index is 0.0531. The van der Waals surface area contributed by atoms with Crippen molar-refractivity contribution in [3.05, 3.63) is 36.2 Å². The van der Waals surface area contributed by atoms with E-state index in [-0.39, 0.29) is 5.54 Å². The van der Waals surface area contributed by atoms with Gasteiger partial charge >= 0.3 is 0 Å². The number of para-hydroxylation sites is 2. The number of hydrogen-bond acceptors (Lipinski definition) is 5. The van der Waals surface area contributed by atoms with Crippen LogP contribution < -0.4 is 15.4 Å². The Morgan fingerprint density at radius 1 is 1.05 bits per heavy atom. The molecule has 2 aromatic rings. The Morgan fingerprint density at radius 2 is 1.71 bits per heavy atom. The Bertz CT molecular complexity index is 620. The molecule has 0 aliphatic heterocycles. The summed E-state index contributed by atoms with van der Waals surface area (Å²) in [6.45, 7) is 8.16. The molecule has 1 aromatic carbocycles. The fourth-order valence-electron chi connectivity index (χ4n) is 1.97. The van der Waals surface area contributed by atoms with Gasteiger partial charge in [0.2, 0.25) is 0 Å². The molecule has 21 heavy (non-hydrogen) atoms. The minimum Gasteiger partial charge on any atom is -0.495 e. The number of aryl methyl sites for hydroxylation is 1. The molecule has 2 N–H and O–H groups in total. The molecule has 1 heterocycles. The highest BCUT2D eigenvalue weighted by Gasteiger charge is 2.12. The van der Waals surface area contributed by atoms with Gasteiger partial charge in [-0.15, -0.1) is 0 Å². The number of benzene rings is 1. The molecule has 0 saturated heterocycles. The summed E-state index contributed by atoms with van der Waals surface area (Å²) in [7, 11) is 1.65. The molecular weight excluding hydrogens is 264 g/mol. The predicted octanol–water partition coefficient (Wildman–Crippen LogP) is 3.75. The number of anilines is 3. The lowest BCUT2D eigenvalue weighted by atomic mass is 10.1. The fraction of sp³-hybridized carbons (Fsp3) is 0.375. The third-order valence-electron chi connectivity index (χ3n) is 2.71. The molecule has 0 radical (unpaired) electrons. The Kier molecular flexibility index (Phi) is 4.31. The molecule has 5 nitrogen and oxygen atoms in total. The predicted molar refractivity (Wildman–Crippen MR) is 86.4 cm³/mol. The van der Waals surface area contributed by atoms with Gasteiger partial charge < -0.3 is 15.4 Å². The van der Waals surface area contributed by atoms with Crippen molar-refractivity contribution >= 4 is 17.3 Å². The molecule has 0 saturated carbocycles. The largest absolute Gasteiger partial charge is 0.495 e. The topological polar surface area (TPSA) is 59.1 Å². The first kappa shape index (κ1) is 15.1. The maximum atomic E-state index is 5.34. The van der Waals surface area contributed by atoms with Crippen molar-refractivity contribution in [2.45, 2.75) is 33.2 Å². The van der Waals surface area contributed by atoms with E-state index in [4.69, 9.17) is 4.74 Å². The first-order valence-corrected chi connectivity index (χ1v) is 6.91. The van der Waals surface area contributed by atoms with Gasteiger partial charge in [-0.25, -0.2) is 9.97 Å². The summed E-state index contributed by atoms with van der Waals surface area (Å²) in [5.41, 5.74) is 0.822. The van der Waals surface area contributed by atoms with E-state index < -0.39 is 0 Å². The number of ether oxygens (including phenoxy) is 1. The molecule has 2 rings (SSSR count). The van der Waals surface area contributed by atoms with Gasteiger partial charge in [0.15, 0.2) is 0 Å². The van der Waals surface area contributed by atoms with Crippen LogP contribution in [-0.2, 0) is 0 Å². The number of rotatable bonds is 4. The van der Waals surface area contributed by atoms with Crippen molar-refractivity contribution in [1.29, 1.82) is 0 Å². The van der Waals surface area contributed by atoms with Crippen molar-refractivity contribution in [3.63, 3.8) is 0 Å². The van der Waals surface area contributed by atoms with Crippen LogP contribution in [-0.4, -0.2) is 22.6 Å². The molecule has 0 fully saturated rings. The molecule has 5 heteroatoms. The van der Waals surface area contributed by atoms with Gasteiger partial charge in [0.25, 0.3) is 0 Å². The second-order valence-corrected chi connectivity index (χ2v) is 5.89. The van der Waals surface area contributed by atoms with E-state index in [9.17, 15) is 0 Å². The van der Waals surface area contributed by atoms with Crippen molar-refractivity contribution in [2.24, 2.45) is 0 Å². The third kappa shape index (κ3) is 4.34. The molecule has 0 bridgehead atoms. The van der Waals surface area contributed by atoms with E-state index in [1.165, 1.54) is 0 Å². The van der Waals surface area contributed by atoms with Crippen LogP contribution in [0, 0.1) is 6.92 Å². The quantitative estimate of drug-likeness (QED) is 0.896. The van der Waals surface area contributed by atoms with E-state index in [2.05, 4.69) is 41.4 Å². The summed E-state index contributed by atoms with van der Waals surface area (Å²) in [6, 6.07) is 9.64. The molecule has 0 unspecified atom stereocenters. The lowest BCUT2D eigenvalue weighted by Gasteiger charge is -2.22. The van der Waals surface area contributed by atoms with E-state index in [0.717, 1.165) is 23.1 Å². The van der Waals surface area contributed by atoms with Gasteiger partial charge in [-0.2, -0.15) is 0 Å². The second kappa shape index (κ2) is 5.99. The van der Waals surface area contributed by atoms with E-state index in [1.54, 1.807) is 7.11 Å². The van der Waals surface area contributed by atoms with Gasteiger partial charge in [-0.3, -0.25) is 0 Å². The van der Waals surface area contributed by atoms with Crippen LogP contribution in [0.25, 0.3) is 0 Å². The van der Waals surface area contributed by atoms with Gasteiger partial charge in [-0.1, -0.05) is 12.1 Å². The zero-order valence-electron chi connectivity index (χ0n) is 13.2. The summed E-state index contributed by atoms with van der Waals surface area (Å²) < 4.78 is 5.34. The van der Waals surface area contributed by atoms with Crippen molar-refractivity contribution in [1.82, 2.24) is 9.97 Å². The normalized spacial score (nSPS) is 11.1. The number of aromatic nitrogens is 2. The summed E-state index contributed by atoms with van der Waals surface area (Å²) in [5.74, 6) is 3.02. The van der Waals surface area contributed by atoms with Gasteiger partial charge in [0.05, 0.1) is 12.8 Å². The van der Waals surface area contributed by atoms with Crippen LogP contribution in [0.4, 0.5) is 17.3 Å². The van der Waals surface area contributed by atoms with Crippen molar-refractivity contribution < 1.29 is 4.74 Å². The zero-order valence-corrected chi connectivity index (χ0v) is 13.2. The highest BCUT2D eigenvalue weighted by Crippen LogP contribution is 2.27. The fourth-order valence-corrected chi connectivity index (χ4v) is 1.97. The first-order valence-electron chi connectivity index (χ1n) is 6.91. The number of nitrogens with zero attached hydrogens (tertiary/aromatic N) is 2. The van der Waals surface area contributed by atoms with Crippen LogP contribution in [0.15, 0.2) is 30.3 Å². The molecule has 0 amide bonds. The van der Waals surface area contributed by atoms with Crippen molar-refractivity contribution in [3.8, 4) is 5.75 Å². The Morgan fingerprint density at radius 3 is 2.38 bits per heavy atom. The number of hydrogen-bond donors (Lipinski definition) is 2. The summed E-state index contributed by atoms with van der Waals surface area (Å²) in [4.78, 5) is 8.83. The van der Waals surface area contributed by atoms with Gasteiger partial charge in [-0.05, 0) is 39.8 Å². The number of methoxy groups -OCH3 is 1. The Hall–Kier alpha value is -2.30. The summed E-state index contributed by atoms with van der Waals surface area (Å²) >= 11 is 0. The van der Waals surface area contributed by atoms with Gasteiger partial charge in [0, 0.05) is 11.6 Å². The standard InChI is InChI=1S/C16H22N4O/c1-11-17-14(10-15(18-11)20-16(2,3)4)19-12-8-6-7-9-13(12)21-5/h6-10H,1-5H3,(H2,17,18,19,20). The summed E-state index contributed by atoms with van der Waals surface area (Å²) in [5, 5.41) is 6.63. The van der Waals surface area contributed by atoms with E-state index in [1.807, 2.05) is 37.3 Å². The van der Waals surface area contributed by atoms with Crippen LogP contribution >= 0.6 is 0 Å². The maximum absolute atomic E-state index is 5.34. The van der Waals surface area contributed by atoms with E-state index >= 15 is 0 Å². The molecule has 0 aliphatic rings. The molecule has 0 aliphatic carbocycles. The van der Waals surface area contributed by atoms with Crippen LogP contribution in [0.1, 0.15) is 26.6 Å². The highest BCUT2D eigenvalue weighted by molar-refractivity contribution is 5.65. The van der Waals surface area contributed by atoms with Crippen LogP contribution in [0.3, 0.4) is 0 Å². The second-order valence-electron chi connectivity index (χ2n) is 5.89. The average molecular weight is 286 g/mol. The Balaban J connectivity index is 2.28. The average Bonchev–Trinajstić information content (AvgIpc) is 2.36. The maximum Gasteiger partial charge on any atom is 0.142 e. The lowest BCUT2D eigenvalue weighted by molar-refractivity contribution is 0.417. The minimum atomic E-state index is -0.0531. The molecule has 1 aromatic heterocycles. The molecule has 0 spiro atoms. The SMILES string of the molecule is COc1ccccc1Nc1cc(NC(C)(C)C)nc(C)n1.